The fraction of sp³-hybridized carbons (Fsp3) is 0.357. The fourth-order valence-corrected chi connectivity index (χ4v) is 5.44. The van der Waals surface area contributed by atoms with Gasteiger partial charge in [-0.1, -0.05) is 66.7 Å². The molecule has 3 aromatic carbocycles. The van der Waals surface area contributed by atoms with Crippen molar-refractivity contribution in [2.45, 2.75) is 50.9 Å². The van der Waals surface area contributed by atoms with E-state index in [1.165, 1.54) is 41.6 Å². The van der Waals surface area contributed by atoms with Crippen LogP contribution in [0.5, 0.6) is 0 Å². The highest BCUT2D eigenvalue weighted by molar-refractivity contribution is 5.45. The molecule has 2 atom stereocenters. The molecule has 0 aromatic heterocycles. The summed E-state index contributed by atoms with van der Waals surface area (Å²) in [5, 5.41) is 0. The molecule has 0 saturated carbocycles. The van der Waals surface area contributed by atoms with Crippen LogP contribution >= 0.6 is 0 Å². The minimum Gasteiger partial charge on any atom is -0.399 e. The fourth-order valence-electron chi connectivity index (χ4n) is 5.44. The van der Waals surface area contributed by atoms with Gasteiger partial charge in [0, 0.05) is 44.0 Å². The maximum absolute atomic E-state index is 6.01. The molecule has 0 aliphatic carbocycles. The molecule has 0 bridgehead atoms. The smallest absolute Gasteiger partial charge is 0.0316 e. The van der Waals surface area contributed by atoms with Crippen molar-refractivity contribution in [3.8, 4) is 0 Å². The second-order valence-electron chi connectivity index (χ2n) is 9.23. The summed E-state index contributed by atoms with van der Waals surface area (Å²) in [7, 11) is 0. The molecule has 2 N–H and O–H groups in total. The molecule has 31 heavy (non-hydrogen) atoms. The number of nitrogen functional groups attached to an aromatic ring is 1. The second kappa shape index (κ2) is 9.25. The Morgan fingerprint density at radius 3 is 2.32 bits per heavy atom. The number of anilines is 1. The zero-order chi connectivity index (χ0) is 21.0. The molecule has 0 amide bonds. The predicted molar refractivity (Wildman–Crippen MR) is 129 cm³/mol. The molecule has 3 aromatic rings. The summed E-state index contributed by atoms with van der Waals surface area (Å²) in [5.74, 6) is 0. The molecule has 2 aliphatic rings. The van der Waals surface area contributed by atoms with Gasteiger partial charge in [-0.15, -0.1) is 0 Å². The minimum absolute atomic E-state index is 0.578. The van der Waals surface area contributed by atoms with E-state index < -0.39 is 0 Å². The largest absolute Gasteiger partial charge is 0.399 e. The molecule has 2 aliphatic heterocycles. The first-order valence-corrected chi connectivity index (χ1v) is 11.7. The number of piperidine rings is 1. The van der Waals surface area contributed by atoms with Gasteiger partial charge >= 0.3 is 0 Å². The van der Waals surface area contributed by atoms with Gasteiger partial charge in [0.25, 0.3) is 0 Å². The van der Waals surface area contributed by atoms with Gasteiger partial charge in [0.15, 0.2) is 0 Å². The Bertz CT molecular complexity index is 986. The molecule has 2 heterocycles. The molecule has 0 radical (unpaired) electrons. The Morgan fingerprint density at radius 2 is 1.55 bits per heavy atom. The monoisotopic (exact) mass is 411 g/mol. The highest BCUT2D eigenvalue weighted by Crippen LogP contribution is 2.30. The van der Waals surface area contributed by atoms with Crippen LogP contribution in [-0.2, 0) is 25.9 Å². The van der Waals surface area contributed by atoms with Crippen LogP contribution in [-0.4, -0.2) is 35.0 Å². The lowest BCUT2D eigenvalue weighted by atomic mass is 9.89. The van der Waals surface area contributed by atoms with Crippen LogP contribution in [0.25, 0.3) is 0 Å². The number of benzene rings is 3. The van der Waals surface area contributed by atoms with E-state index >= 15 is 0 Å². The van der Waals surface area contributed by atoms with Crippen molar-refractivity contribution in [1.82, 2.24) is 9.80 Å². The van der Waals surface area contributed by atoms with Gasteiger partial charge in [-0.2, -0.15) is 0 Å². The van der Waals surface area contributed by atoms with Crippen LogP contribution in [0.4, 0.5) is 5.69 Å². The summed E-state index contributed by atoms with van der Waals surface area (Å²) in [6.07, 6.45) is 4.74. The van der Waals surface area contributed by atoms with Crippen LogP contribution in [0.1, 0.15) is 35.1 Å². The third-order valence-electron chi connectivity index (χ3n) is 7.14. The number of nitrogens with zero attached hydrogens (tertiary/aromatic N) is 2. The predicted octanol–water partition coefficient (Wildman–Crippen LogP) is 4.90. The second-order valence-corrected chi connectivity index (χ2v) is 9.23. The number of hydrogen-bond donors (Lipinski definition) is 1. The van der Waals surface area contributed by atoms with Gasteiger partial charge < -0.3 is 5.73 Å². The minimum atomic E-state index is 0.578. The van der Waals surface area contributed by atoms with Crippen molar-refractivity contribution in [3.63, 3.8) is 0 Å². The van der Waals surface area contributed by atoms with Crippen LogP contribution in [0, 0.1) is 0 Å². The first-order valence-electron chi connectivity index (χ1n) is 11.7. The van der Waals surface area contributed by atoms with Crippen molar-refractivity contribution >= 4 is 5.69 Å². The molecular formula is C28H33N3. The lowest BCUT2D eigenvalue weighted by Crippen LogP contribution is -2.51. The van der Waals surface area contributed by atoms with E-state index in [0.717, 1.165) is 38.2 Å². The van der Waals surface area contributed by atoms with E-state index in [1.54, 1.807) is 0 Å². The summed E-state index contributed by atoms with van der Waals surface area (Å²) in [6, 6.07) is 29.7. The average molecular weight is 412 g/mol. The Hall–Kier alpha value is -2.62. The van der Waals surface area contributed by atoms with Crippen LogP contribution in [0.15, 0.2) is 78.9 Å². The summed E-state index contributed by atoms with van der Waals surface area (Å²) >= 11 is 0. The topological polar surface area (TPSA) is 32.5 Å². The van der Waals surface area contributed by atoms with Gasteiger partial charge in [-0.05, 0) is 60.1 Å². The van der Waals surface area contributed by atoms with Crippen LogP contribution in [0.3, 0.4) is 0 Å². The van der Waals surface area contributed by atoms with E-state index in [2.05, 4.69) is 88.7 Å². The summed E-state index contributed by atoms with van der Waals surface area (Å²) in [4.78, 5) is 5.45. The summed E-state index contributed by atoms with van der Waals surface area (Å²) in [5.41, 5.74) is 12.7. The van der Waals surface area contributed by atoms with Crippen molar-refractivity contribution < 1.29 is 0 Å². The van der Waals surface area contributed by atoms with E-state index in [9.17, 15) is 0 Å². The first-order chi connectivity index (χ1) is 15.2. The Morgan fingerprint density at radius 1 is 0.806 bits per heavy atom. The SMILES string of the molecule is Nc1ccc2c(c1)CCN(C1CCN(Cc3ccccc3)C(Cc3ccccc3)C1)C2. The first kappa shape index (κ1) is 20.3. The van der Waals surface area contributed by atoms with Gasteiger partial charge in [0.05, 0.1) is 0 Å². The maximum Gasteiger partial charge on any atom is 0.0316 e. The molecule has 1 fully saturated rings. The van der Waals surface area contributed by atoms with Gasteiger partial charge in [0.2, 0.25) is 0 Å². The number of nitrogens with two attached hydrogens (primary N) is 1. The average Bonchev–Trinajstić information content (AvgIpc) is 2.81. The lowest BCUT2D eigenvalue weighted by molar-refractivity contribution is 0.0533. The van der Waals surface area contributed by atoms with Gasteiger partial charge in [-0.3, -0.25) is 9.80 Å². The lowest BCUT2D eigenvalue weighted by Gasteiger charge is -2.45. The Balaban J connectivity index is 1.31. The standard InChI is InChI=1S/C28H33N3/c29-26-12-11-25-21-31(15-13-24(25)18-26)27-14-16-30(20-23-9-5-2-6-10-23)28(19-27)17-22-7-3-1-4-8-22/h1-12,18,27-28H,13-17,19-21,29H2. The maximum atomic E-state index is 6.01. The van der Waals surface area contributed by atoms with Gasteiger partial charge in [0.1, 0.15) is 0 Å². The zero-order valence-electron chi connectivity index (χ0n) is 18.3. The van der Waals surface area contributed by atoms with Crippen molar-refractivity contribution in [2.24, 2.45) is 0 Å². The third kappa shape index (κ3) is 4.84. The molecule has 3 nitrogen and oxygen atoms in total. The molecule has 3 heteroatoms. The Labute approximate surface area is 186 Å². The summed E-state index contributed by atoms with van der Waals surface area (Å²) < 4.78 is 0. The van der Waals surface area contributed by atoms with E-state index in [1.807, 2.05) is 0 Å². The summed E-state index contributed by atoms with van der Waals surface area (Å²) in [6.45, 7) is 4.43. The van der Waals surface area contributed by atoms with Crippen LogP contribution in [0.2, 0.25) is 0 Å². The van der Waals surface area contributed by atoms with Crippen molar-refractivity contribution in [3.05, 3.63) is 101 Å². The van der Waals surface area contributed by atoms with Gasteiger partial charge in [-0.25, -0.2) is 0 Å². The third-order valence-corrected chi connectivity index (χ3v) is 7.14. The molecule has 2 unspecified atom stereocenters. The van der Waals surface area contributed by atoms with Crippen molar-refractivity contribution in [2.75, 3.05) is 18.8 Å². The normalized spacial score (nSPS) is 22.2. The van der Waals surface area contributed by atoms with E-state index in [-0.39, 0.29) is 0 Å². The molecule has 0 spiro atoms. The number of likely N-dealkylation sites (tertiary alicyclic amines) is 1. The highest BCUT2D eigenvalue weighted by Gasteiger charge is 2.33. The molecule has 160 valence electrons. The highest BCUT2D eigenvalue weighted by atomic mass is 15.2. The van der Waals surface area contributed by atoms with Crippen molar-refractivity contribution in [1.29, 1.82) is 0 Å². The molecule has 1 saturated heterocycles. The number of rotatable bonds is 5. The molecular weight excluding hydrogens is 378 g/mol. The van der Waals surface area contributed by atoms with E-state index in [4.69, 9.17) is 5.73 Å². The quantitative estimate of drug-likeness (QED) is 0.606. The van der Waals surface area contributed by atoms with Crippen LogP contribution < -0.4 is 5.73 Å². The van der Waals surface area contributed by atoms with E-state index in [0.29, 0.717) is 12.1 Å². The Kier molecular flexibility index (Phi) is 6.06. The number of fused-ring (bicyclic) bond motifs is 1. The number of hydrogen-bond acceptors (Lipinski definition) is 3. The zero-order valence-corrected chi connectivity index (χ0v) is 18.3. The molecule has 5 rings (SSSR count).